The van der Waals surface area contributed by atoms with Crippen molar-refractivity contribution in [2.24, 2.45) is 0 Å². The molecule has 7 nitrogen and oxygen atoms in total. The van der Waals surface area contributed by atoms with E-state index < -0.39 is 11.8 Å². The Bertz CT molecular complexity index is 1140. The average Bonchev–Trinajstić information content (AvgIpc) is 3.45. The van der Waals surface area contributed by atoms with Crippen LogP contribution >= 0.6 is 0 Å². The zero-order chi connectivity index (χ0) is 22.7. The first kappa shape index (κ1) is 21.5. The highest BCUT2D eigenvalue weighted by molar-refractivity contribution is 6.41. The molecule has 0 aliphatic carbocycles. The summed E-state index contributed by atoms with van der Waals surface area (Å²) < 4.78 is 6.89. The maximum Gasteiger partial charge on any atom is 0.380 e. The van der Waals surface area contributed by atoms with Crippen LogP contribution in [-0.2, 0) is 16.1 Å². The van der Waals surface area contributed by atoms with Crippen LogP contribution in [-0.4, -0.2) is 45.4 Å². The molecule has 2 aromatic carbocycles. The molecule has 0 unspecified atom stereocenters. The Balaban J connectivity index is 1.41. The lowest BCUT2D eigenvalue weighted by molar-refractivity contribution is -0.139. The molecule has 1 saturated heterocycles. The van der Waals surface area contributed by atoms with Gasteiger partial charge >= 0.3 is 5.97 Å². The molecule has 4 rings (SSSR count). The first-order valence-corrected chi connectivity index (χ1v) is 10.7. The van der Waals surface area contributed by atoms with Crippen molar-refractivity contribution in [1.82, 2.24) is 14.7 Å². The Labute approximate surface area is 186 Å². The Morgan fingerprint density at radius 2 is 1.59 bits per heavy atom. The van der Waals surface area contributed by atoms with Crippen LogP contribution < -0.4 is 0 Å². The van der Waals surface area contributed by atoms with Crippen molar-refractivity contribution >= 4 is 17.7 Å². The second-order valence-corrected chi connectivity index (χ2v) is 7.89. The molecule has 0 atom stereocenters. The van der Waals surface area contributed by atoms with Crippen molar-refractivity contribution in [2.75, 3.05) is 13.1 Å². The summed E-state index contributed by atoms with van der Waals surface area (Å²) in [6, 6.07) is 16.3. The van der Waals surface area contributed by atoms with E-state index in [0.29, 0.717) is 22.5 Å². The number of rotatable bonds is 6. The highest BCUT2D eigenvalue weighted by Crippen LogP contribution is 2.19. The highest BCUT2D eigenvalue weighted by atomic mass is 16.5. The van der Waals surface area contributed by atoms with Crippen molar-refractivity contribution in [3.05, 3.63) is 82.7 Å². The summed E-state index contributed by atoms with van der Waals surface area (Å²) in [6.45, 7) is 4.99. The van der Waals surface area contributed by atoms with Gasteiger partial charge < -0.3 is 9.64 Å². The fourth-order valence-electron chi connectivity index (χ4n) is 3.95. The number of amides is 1. The molecule has 1 fully saturated rings. The van der Waals surface area contributed by atoms with Gasteiger partial charge in [0.2, 0.25) is 0 Å². The van der Waals surface area contributed by atoms with Crippen LogP contribution in [0.3, 0.4) is 0 Å². The molecule has 7 heteroatoms. The molecule has 1 amide bonds. The van der Waals surface area contributed by atoms with E-state index in [1.54, 1.807) is 42.8 Å². The maximum absolute atomic E-state index is 12.8. The van der Waals surface area contributed by atoms with E-state index in [9.17, 15) is 14.4 Å². The van der Waals surface area contributed by atoms with Crippen LogP contribution in [0.25, 0.3) is 5.69 Å². The quantitative estimate of drug-likeness (QED) is 0.338. The Hall–Kier alpha value is -3.74. The fourth-order valence-corrected chi connectivity index (χ4v) is 3.95. The number of carbonyl (C=O) groups excluding carboxylic acids is 3. The molecular weight excluding hydrogens is 406 g/mol. The van der Waals surface area contributed by atoms with Crippen LogP contribution in [0.2, 0.25) is 0 Å². The van der Waals surface area contributed by atoms with Gasteiger partial charge in [0, 0.05) is 18.7 Å². The number of esters is 1. The van der Waals surface area contributed by atoms with Gasteiger partial charge in [-0.25, -0.2) is 9.48 Å². The molecule has 164 valence electrons. The maximum atomic E-state index is 12.8. The number of Topliss-reactive ketones (excluding diaryl/α,β-unsaturated/α-hetero) is 1. The molecular formula is C25H25N3O4. The average molecular weight is 431 g/mol. The normalized spacial score (nSPS) is 13.2. The minimum Gasteiger partial charge on any atom is -0.455 e. The van der Waals surface area contributed by atoms with Crippen LogP contribution in [0.5, 0.6) is 0 Å². The van der Waals surface area contributed by atoms with Crippen LogP contribution in [0.15, 0.2) is 54.6 Å². The number of aryl methyl sites for hydroxylation is 1. The Morgan fingerprint density at radius 3 is 2.25 bits per heavy atom. The summed E-state index contributed by atoms with van der Waals surface area (Å²) in [7, 11) is 0. The Kier molecular flexibility index (Phi) is 6.16. The van der Waals surface area contributed by atoms with Crippen molar-refractivity contribution in [3.8, 4) is 5.69 Å². The molecule has 0 bridgehead atoms. The second kappa shape index (κ2) is 9.18. The summed E-state index contributed by atoms with van der Waals surface area (Å²) in [4.78, 5) is 39.5. The lowest BCUT2D eigenvalue weighted by Gasteiger charge is -2.15. The number of hydrogen-bond donors (Lipinski definition) is 0. The van der Waals surface area contributed by atoms with Gasteiger partial charge in [0.05, 0.1) is 22.6 Å². The van der Waals surface area contributed by atoms with Gasteiger partial charge in [-0.15, -0.1) is 0 Å². The molecule has 32 heavy (non-hydrogen) atoms. The van der Waals surface area contributed by atoms with Crippen molar-refractivity contribution in [2.45, 2.75) is 33.3 Å². The standard InChI is InChI=1S/C25H25N3O4/c1-17-22(18(2)28(26-17)21-8-4-3-5-9-21)23(29)25(31)32-16-19-10-12-20(13-11-19)24(30)27-14-6-7-15-27/h3-5,8-13H,6-7,14-16H2,1-2H3. The molecule has 0 saturated carbocycles. The zero-order valence-electron chi connectivity index (χ0n) is 18.2. The number of benzene rings is 2. The van der Waals surface area contributed by atoms with Gasteiger partial charge in [-0.05, 0) is 56.5 Å². The van der Waals surface area contributed by atoms with Gasteiger partial charge in [-0.1, -0.05) is 30.3 Å². The number of hydrogen-bond acceptors (Lipinski definition) is 5. The third-order valence-electron chi connectivity index (χ3n) is 5.67. The largest absolute Gasteiger partial charge is 0.455 e. The predicted molar refractivity (Wildman–Crippen MR) is 119 cm³/mol. The molecule has 2 heterocycles. The van der Waals surface area contributed by atoms with E-state index >= 15 is 0 Å². The zero-order valence-corrected chi connectivity index (χ0v) is 18.2. The molecule has 0 radical (unpaired) electrons. The summed E-state index contributed by atoms with van der Waals surface area (Å²) >= 11 is 0. The van der Waals surface area contributed by atoms with E-state index in [0.717, 1.165) is 31.6 Å². The van der Waals surface area contributed by atoms with E-state index in [2.05, 4.69) is 5.10 Å². The van der Waals surface area contributed by atoms with Crippen molar-refractivity contribution in [3.63, 3.8) is 0 Å². The predicted octanol–water partition coefficient (Wildman–Crippen LogP) is 3.65. The van der Waals surface area contributed by atoms with Gasteiger partial charge in [0.25, 0.3) is 11.7 Å². The van der Waals surface area contributed by atoms with Gasteiger partial charge in [-0.2, -0.15) is 5.10 Å². The smallest absolute Gasteiger partial charge is 0.380 e. The third kappa shape index (κ3) is 4.32. The SMILES string of the molecule is Cc1nn(-c2ccccc2)c(C)c1C(=O)C(=O)OCc1ccc(C(=O)N2CCCC2)cc1. The summed E-state index contributed by atoms with van der Waals surface area (Å²) in [6.07, 6.45) is 2.08. The third-order valence-corrected chi connectivity index (χ3v) is 5.67. The minimum absolute atomic E-state index is 0.0163. The summed E-state index contributed by atoms with van der Waals surface area (Å²) in [5.74, 6) is -1.63. The van der Waals surface area contributed by atoms with E-state index in [4.69, 9.17) is 4.74 Å². The van der Waals surface area contributed by atoms with Crippen molar-refractivity contribution in [1.29, 1.82) is 0 Å². The molecule has 3 aromatic rings. The molecule has 0 spiro atoms. The number of ether oxygens (including phenoxy) is 1. The topological polar surface area (TPSA) is 81.5 Å². The number of carbonyl (C=O) groups is 3. The first-order valence-electron chi connectivity index (χ1n) is 10.7. The monoisotopic (exact) mass is 431 g/mol. The second-order valence-electron chi connectivity index (χ2n) is 7.89. The lowest BCUT2D eigenvalue weighted by atomic mass is 10.1. The Morgan fingerprint density at radius 1 is 0.938 bits per heavy atom. The van der Waals surface area contributed by atoms with Gasteiger partial charge in [-0.3, -0.25) is 9.59 Å². The minimum atomic E-state index is -0.930. The summed E-state index contributed by atoms with van der Waals surface area (Å²) in [5.41, 5.74) is 3.43. The molecule has 1 aliphatic heterocycles. The molecule has 1 aromatic heterocycles. The van der Waals surface area contributed by atoms with Gasteiger partial charge in [0.15, 0.2) is 0 Å². The summed E-state index contributed by atoms with van der Waals surface area (Å²) in [5, 5.41) is 4.41. The number of likely N-dealkylation sites (tertiary alicyclic amines) is 1. The lowest BCUT2D eigenvalue weighted by Crippen LogP contribution is -2.27. The number of para-hydroxylation sites is 1. The van der Waals surface area contributed by atoms with E-state index in [1.807, 2.05) is 35.2 Å². The first-order chi connectivity index (χ1) is 15.5. The fraction of sp³-hybridized carbons (Fsp3) is 0.280. The number of ketones is 1. The van der Waals surface area contributed by atoms with Crippen LogP contribution in [0.4, 0.5) is 0 Å². The number of aromatic nitrogens is 2. The van der Waals surface area contributed by atoms with Crippen LogP contribution in [0, 0.1) is 13.8 Å². The number of nitrogens with zero attached hydrogens (tertiary/aromatic N) is 3. The molecule has 1 aliphatic rings. The van der Waals surface area contributed by atoms with Crippen molar-refractivity contribution < 1.29 is 19.1 Å². The molecule has 0 N–H and O–H groups in total. The van der Waals surface area contributed by atoms with Gasteiger partial charge in [0.1, 0.15) is 6.61 Å². The van der Waals surface area contributed by atoms with E-state index in [-0.39, 0.29) is 18.1 Å². The van der Waals surface area contributed by atoms with Crippen LogP contribution in [0.1, 0.15) is 50.5 Å². The highest BCUT2D eigenvalue weighted by Gasteiger charge is 2.26. The van der Waals surface area contributed by atoms with E-state index in [1.165, 1.54) is 0 Å².